The van der Waals surface area contributed by atoms with Crippen molar-refractivity contribution in [2.24, 2.45) is 5.10 Å². The van der Waals surface area contributed by atoms with E-state index >= 15 is 0 Å². The van der Waals surface area contributed by atoms with Crippen molar-refractivity contribution in [3.8, 4) is 5.75 Å². The molecule has 0 heterocycles. The van der Waals surface area contributed by atoms with E-state index in [1.165, 1.54) is 6.21 Å². The molecule has 0 unspecified atom stereocenters. The lowest BCUT2D eigenvalue weighted by Gasteiger charge is -2.07. The lowest BCUT2D eigenvalue weighted by molar-refractivity contribution is -0.124. The summed E-state index contributed by atoms with van der Waals surface area (Å²) in [5.74, 6) is -0.0877. The van der Waals surface area contributed by atoms with Gasteiger partial charge in [-0.1, -0.05) is 35.3 Å². The van der Waals surface area contributed by atoms with Crippen LogP contribution in [0.3, 0.4) is 0 Å². The molecule has 0 radical (unpaired) electrons. The van der Waals surface area contributed by atoms with Crippen LogP contribution in [0.1, 0.15) is 25.3 Å². The van der Waals surface area contributed by atoms with Gasteiger partial charge in [0.1, 0.15) is 5.75 Å². The number of halogens is 2. The van der Waals surface area contributed by atoms with Gasteiger partial charge < -0.3 is 10.1 Å². The zero-order valence-electron chi connectivity index (χ0n) is 14.7. The van der Waals surface area contributed by atoms with Gasteiger partial charge in [0.25, 0.3) is 0 Å². The molecule has 0 saturated carbocycles. The van der Waals surface area contributed by atoms with Crippen LogP contribution >= 0.6 is 23.2 Å². The second kappa shape index (κ2) is 10.5. The summed E-state index contributed by atoms with van der Waals surface area (Å²) < 4.78 is 5.47. The zero-order chi connectivity index (χ0) is 19.6. The summed E-state index contributed by atoms with van der Waals surface area (Å²) in [6.45, 7) is 2.36. The molecule has 0 aromatic heterocycles. The van der Waals surface area contributed by atoms with Gasteiger partial charge in [0.2, 0.25) is 11.8 Å². The van der Waals surface area contributed by atoms with E-state index in [1.54, 1.807) is 42.5 Å². The number of ether oxygens (including phenoxy) is 1. The number of carbonyl (C=O) groups excluding carboxylic acids is 2. The SMILES string of the molecule is CCOc1ccc(Cl)cc1C=NNC(=O)CCC(=O)Nc1ccccc1Cl. The molecule has 0 bridgehead atoms. The first-order valence-electron chi connectivity index (χ1n) is 8.28. The van der Waals surface area contributed by atoms with Crippen molar-refractivity contribution in [1.29, 1.82) is 0 Å². The maximum atomic E-state index is 11.9. The van der Waals surface area contributed by atoms with E-state index in [1.807, 2.05) is 6.92 Å². The van der Waals surface area contributed by atoms with Crippen LogP contribution in [0.2, 0.25) is 10.0 Å². The van der Waals surface area contributed by atoms with Crippen molar-refractivity contribution in [2.75, 3.05) is 11.9 Å². The van der Waals surface area contributed by atoms with E-state index in [0.717, 1.165) is 0 Å². The normalized spacial score (nSPS) is 10.6. The molecule has 0 aliphatic rings. The topological polar surface area (TPSA) is 79.8 Å². The number of nitrogens with zero attached hydrogens (tertiary/aromatic N) is 1. The molecule has 0 atom stereocenters. The molecule has 2 aromatic rings. The van der Waals surface area contributed by atoms with Gasteiger partial charge in [-0.2, -0.15) is 5.10 Å². The van der Waals surface area contributed by atoms with Gasteiger partial charge in [0.15, 0.2) is 0 Å². The van der Waals surface area contributed by atoms with E-state index in [4.69, 9.17) is 27.9 Å². The number of carbonyl (C=O) groups is 2. The van der Waals surface area contributed by atoms with Crippen molar-refractivity contribution in [1.82, 2.24) is 5.43 Å². The largest absolute Gasteiger partial charge is 0.493 e. The summed E-state index contributed by atoms with van der Waals surface area (Å²) in [6.07, 6.45) is 1.44. The van der Waals surface area contributed by atoms with Crippen LogP contribution in [0.5, 0.6) is 5.75 Å². The lowest BCUT2D eigenvalue weighted by atomic mass is 10.2. The number of hydrazone groups is 1. The Kier molecular flexibility index (Phi) is 8.10. The minimum absolute atomic E-state index is 0.00787. The van der Waals surface area contributed by atoms with Crippen molar-refractivity contribution < 1.29 is 14.3 Å². The number of para-hydroxylation sites is 1. The van der Waals surface area contributed by atoms with Crippen LogP contribution in [0.15, 0.2) is 47.6 Å². The maximum absolute atomic E-state index is 11.9. The van der Waals surface area contributed by atoms with E-state index in [-0.39, 0.29) is 24.7 Å². The van der Waals surface area contributed by atoms with Crippen molar-refractivity contribution in [3.05, 3.63) is 58.1 Å². The summed E-state index contributed by atoms with van der Waals surface area (Å²) in [4.78, 5) is 23.7. The number of benzene rings is 2. The average molecular weight is 408 g/mol. The smallest absolute Gasteiger partial charge is 0.240 e. The fraction of sp³-hybridized carbons (Fsp3) is 0.211. The first-order chi connectivity index (χ1) is 13.0. The highest BCUT2D eigenvalue weighted by Crippen LogP contribution is 2.22. The third-order valence-corrected chi connectivity index (χ3v) is 3.96. The Morgan fingerprint density at radius 1 is 1.11 bits per heavy atom. The van der Waals surface area contributed by atoms with Gasteiger partial charge in [0, 0.05) is 23.4 Å². The molecule has 0 spiro atoms. The third kappa shape index (κ3) is 6.92. The first-order valence-corrected chi connectivity index (χ1v) is 9.04. The Labute approximate surface area is 167 Å². The molecule has 0 saturated heterocycles. The van der Waals surface area contributed by atoms with Crippen LogP contribution in [0.25, 0.3) is 0 Å². The van der Waals surface area contributed by atoms with Gasteiger partial charge in [-0.05, 0) is 37.3 Å². The van der Waals surface area contributed by atoms with E-state index in [2.05, 4.69) is 15.8 Å². The first kappa shape index (κ1) is 20.7. The maximum Gasteiger partial charge on any atom is 0.240 e. The molecule has 2 N–H and O–H groups in total. The van der Waals surface area contributed by atoms with Gasteiger partial charge in [-0.25, -0.2) is 5.43 Å². The minimum Gasteiger partial charge on any atom is -0.493 e. The number of anilines is 1. The molecule has 2 rings (SSSR count). The number of hydrogen-bond acceptors (Lipinski definition) is 4. The monoisotopic (exact) mass is 407 g/mol. The molecule has 0 aliphatic carbocycles. The highest BCUT2D eigenvalue weighted by atomic mass is 35.5. The lowest BCUT2D eigenvalue weighted by Crippen LogP contribution is -2.20. The molecule has 0 fully saturated rings. The minimum atomic E-state index is -0.388. The molecule has 142 valence electrons. The second-order valence-electron chi connectivity index (χ2n) is 5.44. The highest BCUT2D eigenvalue weighted by Gasteiger charge is 2.08. The van der Waals surface area contributed by atoms with Crippen LogP contribution in [-0.2, 0) is 9.59 Å². The van der Waals surface area contributed by atoms with Crippen LogP contribution < -0.4 is 15.5 Å². The molecule has 27 heavy (non-hydrogen) atoms. The van der Waals surface area contributed by atoms with E-state index < -0.39 is 0 Å². The fourth-order valence-corrected chi connectivity index (χ4v) is 2.50. The van der Waals surface area contributed by atoms with Crippen molar-refractivity contribution >= 4 is 46.9 Å². The molecule has 6 nitrogen and oxygen atoms in total. The molecular weight excluding hydrogens is 389 g/mol. The van der Waals surface area contributed by atoms with Crippen LogP contribution in [0.4, 0.5) is 5.69 Å². The zero-order valence-corrected chi connectivity index (χ0v) is 16.2. The summed E-state index contributed by atoms with van der Waals surface area (Å²) >= 11 is 11.9. The average Bonchev–Trinajstić information content (AvgIpc) is 2.64. The van der Waals surface area contributed by atoms with Crippen molar-refractivity contribution in [2.45, 2.75) is 19.8 Å². The van der Waals surface area contributed by atoms with Gasteiger partial charge in [-0.3, -0.25) is 9.59 Å². The Bertz CT molecular complexity index is 841. The predicted molar refractivity (Wildman–Crippen MR) is 108 cm³/mol. The molecule has 0 aliphatic heterocycles. The van der Waals surface area contributed by atoms with Crippen molar-refractivity contribution in [3.63, 3.8) is 0 Å². The Morgan fingerprint density at radius 3 is 2.59 bits per heavy atom. The van der Waals surface area contributed by atoms with Gasteiger partial charge in [0.05, 0.1) is 23.5 Å². The summed E-state index contributed by atoms with van der Waals surface area (Å²) in [7, 11) is 0. The number of amides is 2. The number of rotatable bonds is 8. The standard InChI is InChI=1S/C19H19Cl2N3O3/c1-2-27-17-8-7-14(20)11-13(17)12-22-24-19(26)10-9-18(25)23-16-6-4-3-5-15(16)21/h3-8,11-12H,2,9-10H2,1H3,(H,23,25)(H,24,26). The summed E-state index contributed by atoms with van der Waals surface area (Å²) in [5, 5.41) is 7.51. The Morgan fingerprint density at radius 2 is 1.85 bits per heavy atom. The summed E-state index contributed by atoms with van der Waals surface area (Å²) in [5.41, 5.74) is 3.52. The van der Waals surface area contributed by atoms with Crippen LogP contribution in [-0.4, -0.2) is 24.6 Å². The molecule has 8 heteroatoms. The van der Waals surface area contributed by atoms with E-state index in [0.29, 0.717) is 33.7 Å². The summed E-state index contributed by atoms with van der Waals surface area (Å²) in [6, 6.07) is 12.0. The Balaban J connectivity index is 1.82. The van der Waals surface area contributed by atoms with Gasteiger partial charge in [-0.15, -0.1) is 0 Å². The quantitative estimate of drug-likeness (QED) is 0.506. The third-order valence-electron chi connectivity index (χ3n) is 3.39. The highest BCUT2D eigenvalue weighted by molar-refractivity contribution is 6.33. The van der Waals surface area contributed by atoms with Crippen LogP contribution in [0, 0.1) is 0 Å². The second-order valence-corrected chi connectivity index (χ2v) is 6.28. The molecule has 2 aromatic carbocycles. The number of hydrogen-bond donors (Lipinski definition) is 2. The van der Waals surface area contributed by atoms with E-state index in [9.17, 15) is 9.59 Å². The molecule has 2 amide bonds. The number of nitrogens with one attached hydrogen (secondary N) is 2. The molecular formula is C19H19Cl2N3O3. The van der Waals surface area contributed by atoms with Gasteiger partial charge >= 0.3 is 0 Å². The predicted octanol–water partition coefficient (Wildman–Crippen LogP) is 4.26. The fourth-order valence-electron chi connectivity index (χ4n) is 2.14. The Hall–Kier alpha value is -2.57.